The van der Waals surface area contributed by atoms with E-state index in [0.29, 0.717) is 12.5 Å². The number of rotatable bonds is 6. The Kier molecular flexibility index (Phi) is 8.51. The molecule has 0 fully saturated rings. The van der Waals surface area contributed by atoms with Gasteiger partial charge in [-0.05, 0) is 24.3 Å². The molecule has 114 valence electrons. The van der Waals surface area contributed by atoms with Crippen molar-refractivity contribution in [3.63, 3.8) is 0 Å². The molecule has 0 radical (unpaired) electrons. The van der Waals surface area contributed by atoms with Crippen molar-refractivity contribution >= 4 is 18.3 Å². The maximum Gasteiger partial charge on any atom is 0.237 e. The lowest BCUT2D eigenvalue weighted by molar-refractivity contribution is -0.123. The van der Waals surface area contributed by atoms with Gasteiger partial charge < -0.3 is 11.1 Å². The predicted octanol–water partition coefficient (Wildman–Crippen LogP) is 3.01. The van der Waals surface area contributed by atoms with E-state index in [1.165, 1.54) is 11.1 Å². The minimum atomic E-state index is -0.407. The predicted molar refractivity (Wildman–Crippen MR) is 87.3 cm³/mol. The summed E-state index contributed by atoms with van der Waals surface area (Å²) in [6.45, 7) is 8.87. The Morgan fingerprint density at radius 3 is 2.30 bits per heavy atom. The van der Waals surface area contributed by atoms with Crippen LogP contribution in [0.4, 0.5) is 0 Å². The molecule has 0 aliphatic carbocycles. The van der Waals surface area contributed by atoms with Crippen molar-refractivity contribution in [1.82, 2.24) is 5.32 Å². The number of hydrogen-bond donors (Lipinski definition) is 2. The van der Waals surface area contributed by atoms with E-state index in [-0.39, 0.29) is 24.2 Å². The largest absolute Gasteiger partial charge is 0.354 e. The van der Waals surface area contributed by atoms with Crippen LogP contribution in [0.1, 0.15) is 44.2 Å². The van der Waals surface area contributed by atoms with Crippen LogP contribution in [-0.4, -0.2) is 18.5 Å². The molecule has 0 heterocycles. The number of amides is 1. The Labute approximate surface area is 128 Å². The van der Waals surface area contributed by atoms with E-state index in [0.717, 1.165) is 6.42 Å². The Morgan fingerprint density at radius 1 is 1.25 bits per heavy atom. The van der Waals surface area contributed by atoms with Crippen LogP contribution in [0, 0.1) is 12.8 Å². The van der Waals surface area contributed by atoms with Crippen molar-refractivity contribution in [2.75, 3.05) is 6.54 Å². The van der Waals surface area contributed by atoms with Crippen LogP contribution in [0.15, 0.2) is 24.3 Å². The molecule has 3 unspecified atom stereocenters. The lowest BCUT2D eigenvalue weighted by atomic mass is 9.98. The molecule has 0 aromatic heterocycles. The normalized spacial score (nSPS) is 14.8. The molecule has 20 heavy (non-hydrogen) atoms. The molecule has 3 atom stereocenters. The molecule has 3 N–H and O–H groups in total. The molecular formula is C16H27ClN2O. The van der Waals surface area contributed by atoms with Crippen molar-refractivity contribution in [3.05, 3.63) is 35.4 Å². The van der Waals surface area contributed by atoms with E-state index >= 15 is 0 Å². The molecular weight excluding hydrogens is 272 g/mol. The first kappa shape index (κ1) is 18.9. The number of nitrogens with two attached hydrogens (primary N) is 1. The SMILES string of the molecule is CCC(C)C(N)C(=O)NCC(C)c1ccc(C)cc1.Cl. The Bertz CT molecular complexity index is 405. The Morgan fingerprint density at radius 2 is 1.80 bits per heavy atom. The number of nitrogens with one attached hydrogen (secondary N) is 1. The molecule has 0 saturated carbocycles. The second-order valence-corrected chi connectivity index (χ2v) is 5.47. The monoisotopic (exact) mass is 298 g/mol. The summed E-state index contributed by atoms with van der Waals surface area (Å²) in [6, 6.07) is 8.01. The molecule has 1 aromatic carbocycles. The van der Waals surface area contributed by atoms with Gasteiger partial charge >= 0.3 is 0 Å². The first-order valence-corrected chi connectivity index (χ1v) is 7.05. The van der Waals surface area contributed by atoms with Crippen LogP contribution in [-0.2, 0) is 4.79 Å². The van der Waals surface area contributed by atoms with Gasteiger partial charge in [0, 0.05) is 6.54 Å². The summed E-state index contributed by atoms with van der Waals surface area (Å²) in [4.78, 5) is 11.9. The smallest absolute Gasteiger partial charge is 0.237 e. The van der Waals surface area contributed by atoms with E-state index in [2.05, 4.69) is 43.4 Å². The summed E-state index contributed by atoms with van der Waals surface area (Å²) in [5.41, 5.74) is 8.39. The first-order valence-electron chi connectivity index (χ1n) is 7.05. The van der Waals surface area contributed by atoms with Crippen molar-refractivity contribution < 1.29 is 4.79 Å². The van der Waals surface area contributed by atoms with Gasteiger partial charge in [-0.1, -0.05) is 57.0 Å². The molecule has 1 rings (SSSR count). The van der Waals surface area contributed by atoms with Gasteiger partial charge in [0.05, 0.1) is 6.04 Å². The van der Waals surface area contributed by atoms with E-state index in [1.807, 2.05) is 13.8 Å². The van der Waals surface area contributed by atoms with Crippen molar-refractivity contribution in [2.45, 2.75) is 46.1 Å². The fraction of sp³-hybridized carbons (Fsp3) is 0.562. The van der Waals surface area contributed by atoms with Crippen molar-refractivity contribution in [1.29, 1.82) is 0 Å². The van der Waals surface area contributed by atoms with Gasteiger partial charge in [0.25, 0.3) is 0 Å². The lowest BCUT2D eigenvalue weighted by Crippen LogP contribution is -2.45. The second-order valence-electron chi connectivity index (χ2n) is 5.47. The average molecular weight is 299 g/mol. The highest BCUT2D eigenvalue weighted by molar-refractivity contribution is 5.85. The van der Waals surface area contributed by atoms with E-state index in [4.69, 9.17) is 5.73 Å². The van der Waals surface area contributed by atoms with Gasteiger partial charge in [0.15, 0.2) is 0 Å². The minimum absolute atomic E-state index is 0. The van der Waals surface area contributed by atoms with Crippen LogP contribution >= 0.6 is 12.4 Å². The molecule has 0 aliphatic rings. The maximum atomic E-state index is 11.9. The third kappa shape index (κ3) is 5.51. The van der Waals surface area contributed by atoms with E-state index in [1.54, 1.807) is 0 Å². The summed E-state index contributed by atoms with van der Waals surface area (Å²) in [7, 11) is 0. The number of aryl methyl sites for hydroxylation is 1. The van der Waals surface area contributed by atoms with Crippen molar-refractivity contribution in [2.24, 2.45) is 11.7 Å². The summed E-state index contributed by atoms with van der Waals surface area (Å²) < 4.78 is 0. The van der Waals surface area contributed by atoms with Gasteiger partial charge in [0.1, 0.15) is 0 Å². The van der Waals surface area contributed by atoms with E-state index < -0.39 is 6.04 Å². The van der Waals surface area contributed by atoms with Crippen LogP contribution in [0.2, 0.25) is 0 Å². The highest BCUT2D eigenvalue weighted by Crippen LogP contribution is 2.15. The van der Waals surface area contributed by atoms with Crippen molar-refractivity contribution in [3.8, 4) is 0 Å². The number of hydrogen-bond acceptors (Lipinski definition) is 2. The highest BCUT2D eigenvalue weighted by Gasteiger charge is 2.19. The van der Waals surface area contributed by atoms with Gasteiger partial charge in [0.2, 0.25) is 5.91 Å². The third-order valence-electron chi connectivity index (χ3n) is 3.79. The zero-order chi connectivity index (χ0) is 14.4. The molecule has 1 aromatic rings. The standard InChI is InChI=1S/C16H26N2O.ClH/c1-5-12(3)15(17)16(19)18-10-13(4)14-8-6-11(2)7-9-14;/h6-9,12-13,15H,5,10,17H2,1-4H3,(H,18,19);1H. The first-order chi connectivity index (χ1) is 8.95. The maximum absolute atomic E-state index is 11.9. The molecule has 0 spiro atoms. The summed E-state index contributed by atoms with van der Waals surface area (Å²) >= 11 is 0. The van der Waals surface area contributed by atoms with Gasteiger partial charge in [-0.3, -0.25) is 4.79 Å². The van der Waals surface area contributed by atoms with Gasteiger partial charge in [-0.25, -0.2) is 0 Å². The summed E-state index contributed by atoms with van der Waals surface area (Å²) in [5.74, 6) is 0.469. The zero-order valence-electron chi connectivity index (χ0n) is 12.8. The minimum Gasteiger partial charge on any atom is -0.354 e. The Balaban J connectivity index is 0.00000361. The number of benzene rings is 1. The Hall–Kier alpha value is -1.06. The fourth-order valence-electron chi connectivity index (χ4n) is 1.90. The van der Waals surface area contributed by atoms with Gasteiger partial charge in [-0.15, -0.1) is 12.4 Å². The topological polar surface area (TPSA) is 55.1 Å². The lowest BCUT2D eigenvalue weighted by Gasteiger charge is -2.19. The second kappa shape index (κ2) is 8.98. The number of carbonyl (C=O) groups excluding carboxylic acids is 1. The third-order valence-corrected chi connectivity index (χ3v) is 3.79. The van der Waals surface area contributed by atoms with Crippen LogP contribution in [0.25, 0.3) is 0 Å². The molecule has 4 heteroatoms. The fourth-order valence-corrected chi connectivity index (χ4v) is 1.90. The molecule has 0 saturated heterocycles. The summed E-state index contributed by atoms with van der Waals surface area (Å²) in [6.07, 6.45) is 0.919. The molecule has 0 bridgehead atoms. The molecule has 3 nitrogen and oxygen atoms in total. The van der Waals surface area contributed by atoms with Crippen LogP contribution in [0.5, 0.6) is 0 Å². The summed E-state index contributed by atoms with van der Waals surface area (Å²) in [5, 5.41) is 2.95. The zero-order valence-corrected chi connectivity index (χ0v) is 13.7. The number of halogens is 1. The molecule has 1 amide bonds. The quantitative estimate of drug-likeness (QED) is 0.848. The molecule has 0 aliphatic heterocycles. The van der Waals surface area contributed by atoms with Gasteiger partial charge in [-0.2, -0.15) is 0 Å². The van der Waals surface area contributed by atoms with Crippen LogP contribution in [0.3, 0.4) is 0 Å². The highest BCUT2D eigenvalue weighted by atomic mass is 35.5. The average Bonchev–Trinajstić information content (AvgIpc) is 2.43. The van der Waals surface area contributed by atoms with E-state index in [9.17, 15) is 4.79 Å². The number of carbonyl (C=O) groups is 1. The van der Waals surface area contributed by atoms with Crippen LogP contribution < -0.4 is 11.1 Å².